The van der Waals surface area contributed by atoms with Crippen LogP contribution >= 0.6 is 11.6 Å². The number of carbonyl (C=O) groups is 2. The lowest BCUT2D eigenvalue weighted by Gasteiger charge is -2.23. The number of aryl methyl sites for hydroxylation is 1. The Bertz CT molecular complexity index is 998. The predicted octanol–water partition coefficient (Wildman–Crippen LogP) is 2.89. The predicted molar refractivity (Wildman–Crippen MR) is 102 cm³/mol. The minimum atomic E-state index is -0.515. The fourth-order valence-electron chi connectivity index (χ4n) is 4.79. The van der Waals surface area contributed by atoms with Crippen LogP contribution in [0.4, 0.5) is 5.69 Å². The van der Waals surface area contributed by atoms with Crippen molar-refractivity contribution in [1.29, 1.82) is 0 Å². The number of anilines is 1. The summed E-state index contributed by atoms with van der Waals surface area (Å²) >= 11 is 6.11. The molecular formula is C20H21ClN4O2. The summed E-state index contributed by atoms with van der Waals surface area (Å²) in [4.78, 5) is 24.9. The highest BCUT2D eigenvalue weighted by molar-refractivity contribution is 6.30. The van der Waals surface area contributed by atoms with Crippen LogP contribution in [0.5, 0.6) is 0 Å². The number of hydrogen-bond acceptors (Lipinski definition) is 3. The molecule has 2 heterocycles. The van der Waals surface area contributed by atoms with E-state index in [1.54, 1.807) is 10.7 Å². The van der Waals surface area contributed by atoms with Crippen molar-refractivity contribution in [1.82, 2.24) is 9.78 Å². The van der Waals surface area contributed by atoms with Gasteiger partial charge in [-0.1, -0.05) is 18.5 Å². The van der Waals surface area contributed by atoms with Gasteiger partial charge in [-0.15, -0.1) is 0 Å². The van der Waals surface area contributed by atoms with E-state index in [1.807, 2.05) is 12.1 Å². The SMILES string of the molecule is CC12Cc3c(c(C(N)=O)nn3[C@H]3CCc4cc(Cl)ccc4NC3=O)CC1C2. The van der Waals surface area contributed by atoms with Crippen molar-refractivity contribution in [2.75, 3.05) is 5.32 Å². The number of nitrogens with one attached hydrogen (secondary N) is 1. The average molecular weight is 385 g/mol. The number of aromatic nitrogens is 2. The molecule has 1 aliphatic heterocycles. The number of fused-ring (bicyclic) bond motifs is 3. The van der Waals surface area contributed by atoms with Crippen LogP contribution in [0, 0.1) is 11.3 Å². The minimum Gasteiger partial charge on any atom is -0.364 e. The van der Waals surface area contributed by atoms with Crippen molar-refractivity contribution in [2.24, 2.45) is 17.1 Å². The van der Waals surface area contributed by atoms with Gasteiger partial charge in [0.25, 0.3) is 5.91 Å². The molecule has 1 aromatic carbocycles. The van der Waals surface area contributed by atoms with Gasteiger partial charge in [-0.25, -0.2) is 0 Å². The molecule has 2 amide bonds. The van der Waals surface area contributed by atoms with E-state index < -0.39 is 11.9 Å². The van der Waals surface area contributed by atoms with Gasteiger partial charge in [-0.2, -0.15) is 5.10 Å². The maximum Gasteiger partial charge on any atom is 0.269 e. The van der Waals surface area contributed by atoms with Crippen molar-refractivity contribution in [2.45, 2.75) is 45.1 Å². The molecule has 1 saturated carbocycles. The monoisotopic (exact) mass is 384 g/mol. The van der Waals surface area contributed by atoms with Crippen molar-refractivity contribution in [3.05, 3.63) is 45.7 Å². The first kappa shape index (κ1) is 16.8. The summed E-state index contributed by atoms with van der Waals surface area (Å²) < 4.78 is 1.78. The van der Waals surface area contributed by atoms with E-state index >= 15 is 0 Å². The maximum absolute atomic E-state index is 13.0. The van der Waals surface area contributed by atoms with E-state index in [1.165, 1.54) is 0 Å². The number of carbonyl (C=O) groups excluding carboxylic acids is 2. The third kappa shape index (κ3) is 2.57. The van der Waals surface area contributed by atoms with Crippen molar-refractivity contribution < 1.29 is 9.59 Å². The number of rotatable bonds is 2. The van der Waals surface area contributed by atoms with Crippen LogP contribution in [0.1, 0.15) is 53.1 Å². The molecule has 1 aromatic heterocycles. The summed E-state index contributed by atoms with van der Waals surface area (Å²) in [7, 11) is 0. The zero-order valence-electron chi connectivity index (χ0n) is 15.1. The third-order valence-corrected chi connectivity index (χ3v) is 6.76. The Morgan fingerprint density at radius 1 is 1.44 bits per heavy atom. The van der Waals surface area contributed by atoms with Gasteiger partial charge in [-0.05, 0) is 67.2 Å². The number of primary amides is 1. The summed E-state index contributed by atoms with van der Waals surface area (Å²) in [5, 5.41) is 8.18. The van der Waals surface area contributed by atoms with E-state index in [2.05, 4.69) is 17.3 Å². The molecule has 3 N–H and O–H groups in total. The lowest BCUT2D eigenvalue weighted by molar-refractivity contribution is -0.119. The Morgan fingerprint density at radius 3 is 3.04 bits per heavy atom. The fourth-order valence-corrected chi connectivity index (χ4v) is 4.99. The van der Waals surface area contributed by atoms with E-state index in [0.29, 0.717) is 29.5 Å². The highest BCUT2D eigenvalue weighted by atomic mass is 35.5. The number of benzene rings is 1. The second kappa shape index (κ2) is 5.58. The summed E-state index contributed by atoms with van der Waals surface area (Å²) in [6.45, 7) is 2.27. The molecule has 2 aromatic rings. The highest BCUT2D eigenvalue weighted by Crippen LogP contribution is 2.59. The van der Waals surface area contributed by atoms with Gasteiger partial charge in [0.2, 0.25) is 5.91 Å². The van der Waals surface area contributed by atoms with Crippen molar-refractivity contribution >= 4 is 29.1 Å². The number of nitrogens with zero attached hydrogens (tertiary/aromatic N) is 2. The molecule has 7 heteroatoms. The molecule has 27 heavy (non-hydrogen) atoms. The van der Waals surface area contributed by atoms with Gasteiger partial charge in [-0.3, -0.25) is 14.3 Å². The first-order valence-corrected chi connectivity index (χ1v) is 9.73. The molecule has 0 bridgehead atoms. The molecule has 5 rings (SSSR count). The molecule has 6 nitrogen and oxygen atoms in total. The van der Waals surface area contributed by atoms with Gasteiger partial charge < -0.3 is 11.1 Å². The number of hydrogen-bond donors (Lipinski definition) is 2. The Kier molecular flexibility index (Phi) is 3.47. The molecule has 0 radical (unpaired) electrons. The van der Waals surface area contributed by atoms with Gasteiger partial charge in [0, 0.05) is 22.0 Å². The Balaban J connectivity index is 1.55. The molecule has 3 aliphatic rings. The van der Waals surface area contributed by atoms with E-state index in [4.69, 9.17) is 17.3 Å². The molecule has 2 aliphatic carbocycles. The van der Waals surface area contributed by atoms with Crippen molar-refractivity contribution in [3.63, 3.8) is 0 Å². The molecular weight excluding hydrogens is 364 g/mol. The summed E-state index contributed by atoms with van der Waals surface area (Å²) in [5.74, 6) is -0.0334. The van der Waals surface area contributed by atoms with Crippen LogP contribution in [-0.2, 0) is 24.1 Å². The number of halogens is 1. The Morgan fingerprint density at radius 2 is 2.26 bits per heavy atom. The van der Waals surface area contributed by atoms with Gasteiger partial charge >= 0.3 is 0 Å². The van der Waals surface area contributed by atoms with E-state index in [0.717, 1.165) is 41.8 Å². The summed E-state index contributed by atoms with van der Waals surface area (Å²) in [6, 6.07) is 5.04. The standard InChI is InChI=1S/C20H21ClN4O2/c1-20-8-11(20)7-13-16(9-20)25(24-17(13)18(22)26)15-5-2-10-6-12(21)3-4-14(10)23-19(15)27/h3-4,6,11,15H,2,5,7-9H2,1H3,(H2,22,26)(H,23,27)/t11?,15-,20?/m0/s1. The normalized spacial score (nSPS) is 28.4. The first-order chi connectivity index (χ1) is 12.9. The van der Waals surface area contributed by atoms with Gasteiger partial charge in [0.15, 0.2) is 5.69 Å². The zero-order chi connectivity index (χ0) is 18.9. The van der Waals surface area contributed by atoms with Crippen LogP contribution in [-0.4, -0.2) is 21.6 Å². The van der Waals surface area contributed by atoms with E-state index in [9.17, 15) is 9.59 Å². The van der Waals surface area contributed by atoms with Crippen LogP contribution in [0.15, 0.2) is 18.2 Å². The second-order valence-electron chi connectivity index (χ2n) is 8.36. The topological polar surface area (TPSA) is 90.0 Å². The summed E-state index contributed by atoms with van der Waals surface area (Å²) in [6.07, 6.45) is 4.14. The molecule has 140 valence electrons. The zero-order valence-corrected chi connectivity index (χ0v) is 15.8. The van der Waals surface area contributed by atoms with Crippen LogP contribution in [0.2, 0.25) is 5.02 Å². The lowest BCUT2D eigenvalue weighted by atomic mass is 9.87. The lowest BCUT2D eigenvalue weighted by Crippen LogP contribution is -2.28. The van der Waals surface area contributed by atoms with Gasteiger partial charge in [0.05, 0.1) is 0 Å². The molecule has 0 spiro atoms. The number of amides is 2. The molecule has 1 fully saturated rings. The second-order valence-corrected chi connectivity index (χ2v) is 8.80. The largest absolute Gasteiger partial charge is 0.364 e. The van der Waals surface area contributed by atoms with Crippen LogP contribution in [0.3, 0.4) is 0 Å². The molecule has 0 saturated heterocycles. The molecule has 3 atom stereocenters. The van der Waals surface area contributed by atoms with Gasteiger partial charge in [0.1, 0.15) is 6.04 Å². The minimum absolute atomic E-state index is 0.111. The van der Waals surface area contributed by atoms with Crippen molar-refractivity contribution in [3.8, 4) is 0 Å². The smallest absolute Gasteiger partial charge is 0.269 e. The Hall–Kier alpha value is -2.34. The average Bonchev–Trinajstić information content (AvgIpc) is 3.20. The fraction of sp³-hybridized carbons (Fsp3) is 0.450. The maximum atomic E-state index is 13.0. The quantitative estimate of drug-likeness (QED) is 0.834. The Labute approximate surface area is 162 Å². The third-order valence-electron chi connectivity index (χ3n) is 6.52. The van der Waals surface area contributed by atoms with Crippen LogP contribution in [0.25, 0.3) is 0 Å². The first-order valence-electron chi connectivity index (χ1n) is 9.35. The summed E-state index contributed by atoms with van der Waals surface area (Å²) in [5.41, 5.74) is 9.94. The highest BCUT2D eigenvalue weighted by Gasteiger charge is 2.54. The molecule has 2 unspecified atom stereocenters. The van der Waals surface area contributed by atoms with Crippen LogP contribution < -0.4 is 11.1 Å². The van der Waals surface area contributed by atoms with E-state index in [-0.39, 0.29) is 11.3 Å². The number of nitrogens with two attached hydrogens (primary N) is 1.